The molecule has 0 aliphatic heterocycles. The average Bonchev–Trinajstić information content (AvgIpc) is 2.51. The van der Waals surface area contributed by atoms with Gasteiger partial charge in [0.2, 0.25) is 0 Å². The van der Waals surface area contributed by atoms with Crippen LogP contribution in [0.2, 0.25) is 0 Å². The molecule has 0 saturated heterocycles. The number of carboxylic acid groups (broad SMARTS) is 1. The fraction of sp³-hybridized carbons (Fsp3) is 0.375. The van der Waals surface area contributed by atoms with Gasteiger partial charge in [0.25, 0.3) is 0 Å². The Balaban J connectivity index is 2.39. The molecule has 0 aliphatic rings. The predicted molar refractivity (Wildman–Crippen MR) is 44.2 cm³/mol. The minimum Gasteiger partial charge on any atom is -0.550 e. The van der Waals surface area contributed by atoms with Gasteiger partial charge in [-0.25, -0.2) is 0 Å². The van der Waals surface area contributed by atoms with Gasteiger partial charge in [0.15, 0.2) is 0 Å². The molecule has 0 amide bonds. The summed E-state index contributed by atoms with van der Waals surface area (Å²) in [5.41, 5.74) is 3.87. The topological polar surface area (TPSA) is 67.8 Å². The summed E-state index contributed by atoms with van der Waals surface area (Å²) in [4.78, 5) is 11.3. The predicted octanol–water partition coefficient (Wildman–Crippen LogP) is -0.439. The highest BCUT2D eigenvalue weighted by atomic mass is 32.1. The summed E-state index contributed by atoms with van der Waals surface area (Å²) in [6, 6.07) is 4.00. The van der Waals surface area contributed by atoms with E-state index in [0.717, 1.165) is 4.88 Å². The van der Waals surface area contributed by atoms with E-state index in [-0.39, 0.29) is 12.5 Å². The van der Waals surface area contributed by atoms with Gasteiger partial charge in [0.1, 0.15) is 6.04 Å². The van der Waals surface area contributed by atoms with E-state index in [2.05, 4.69) is 5.73 Å². The summed E-state index contributed by atoms with van der Waals surface area (Å²) in [7, 11) is 0. The van der Waals surface area contributed by atoms with Gasteiger partial charge in [0, 0.05) is 12.4 Å². The Morgan fingerprint density at radius 3 is 3.00 bits per heavy atom. The first-order valence-corrected chi connectivity index (χ1v) is 4.64. The number of rotatable bonds is 4. The lowest BCUT2D eigenvalue weighted by Gasteiger charge is -2.05. The molecule has 0 radical (unpaired) electrons. The Labute approximate surface area is 74.8 Å². The van der Waals surface area contributed by atoms with E-state index in [1.54, 1.807) is 11.3 Å². The van der Waals surface area contributed by atoms with Crippen LogP contribution in [0.25, 0.3) is 0 Å². The van der Waals surface area contributed by atoms with Gasteiger partial charge in [-0.1, -0.05) is 6.07 Å². The first-order valence-electron chi connectivity index (χ1n) is 3.76. The number of carboxylic acids is 1. The fourth-order valence-electron chi connectivity index (χ4n) is 0.958. The SMILES string of the molecule is [NH3+][C@H](CCC(=O)[O-])c1cccs1. The molecular weight excluding hydrogens is 174 g/mol. The molecule has 12 heavy (non-hydrogen) atoms. The molecule has 0 aromatic carbocycles. The van der Waals surface area contributed by atoms with Crippen molar-refractivity contribution in [2.45, 2.75) is 18.9 Å². The summed E-state index contributed by atoms with van der Waals surface area (Å²) < 4.78 is 0. The molecule has 66 valence electrons. The summed E-state index contributed by atoms with van der Waals surface area (Å²) in [6.45, 7) is 0. The summed E-state index contributed by atoms with van der Waals surface area (Å²) in [5.74, 6) is -1.000. The number of aliphatic carboxylic acids is 1. The van der Waals surface area contributed by atoms with Crippen molar-refractivity contribution in [1.82, 2.24) is 0 Å². The number of quaternary nitrogens is 1. The van der Waals surface area contributed by atoms with Crippen LogP contribution in [0.4, 0.5) is 0 Å². The van der Waals surface area contributed by atoms with Crippen LogP contribution >= 0.6 is 11.3 Å². The highest BCUT2D eigenvalue weighted by molar-refractivity contribution is 7.10. The summed E-state index contributed by atoms with van der Waals surface area (Å²) in [5, 5.41) is 12.1. The zero-order chi connectivity index (χ0) is 8.97. The smallest absolute Gasteiger partial charge is 0.120 e. The van der Waals surface area contributed by atoms with Crippen molar-refractivity contribution in [3.8, 4) is 0 Å². The third-order valence-corrected chi connectivity index (χ3v) is 2.68. The van der Waals surface area contributed by atoms with Crippen LogP contribution < -0.4 is 10.8 Å². The third kappa shape index (κ3) is 2.64. The van der Waals surface area contributed by atoms with Crippen LogP contribution in [0.5, 0.6) is 0 Å². The lowest BCUT2D eigenvalue weighted by molar-refractivity contribution is -0.427. The maximum atomic E-state index is 10.1. The van der Waals surface area contributed by atoms with E-state index < -0.39 is 5.97 Å². The van der Waals surface area contributed by atoms with Gasteiger partial charge in [-0.15, -0.1) is 11.3 Å². The van der Waals surface area contributed by atoms with Crippen molar-refractivity contribution >= 4 is 17.3 Å². The Bertz CT molecular complexity index is 246. The molecular formula is C8H11NO2S. The van der Waals surface area contributed by atoms with E-state index in [1.807, 2.05) is 17.5 Å². The van der Waals surface area contributed by atoms with Crippen LogP contribution in [-0.4, -0.2) is 5.97 Å². The monoisotopic (exact) mass is 185 g/mol. The standard InChI is InChI=1S/C8H11NO2S/c9-6(3-4-8(10)11)7-2-1-5-12-7/h1-2,5-6H,3-4,9H2,(H,10,11)/t6-/m1/s1. The molecule has 4 heteroatoms. The number of carbonyl (C=O) groups is 1. The lowest BCUT2D eigenvalue weighted by Crippen LogP contribution is -2.53. The van der Waals surface area contributed by atoms with E-state index in [4.69, 9.17) is 0 Å². The van der Waals surface area contributed by atoms with Crippen molar-refractivity contribution in [2.75, 3.05) is 0 Å². The number of thiophene rings is 1. The number of carbonyl (C=O) groups excluding carboxylic acids is 1. The molecule has 1 aromatic heterocycles. The zero-order valence-corrected chi connectivity index (χ0v) is 7.47. The second-order valence-corrected chi connectivity index (χ2v) is 3.60. The van der Waals surface area contributed by atoms with Gasteiger partial charge in [-0.2, -0.15) is 0 Å². The second kappa shape index (κ2) is 4.23. The Morgan fingerprint density at radius 2 is 2.50 bits per heavy atom. The molecule has 0 spiro atoms. The molecule has 3 N–H and O–H groups in total. The minimum atomic E-state index is -1.000. The Morgan fingerprint density at radius 1 is 1.75 bits per heavy atom. The van der Waals surface area contributed by atoms with E-state index >= 15 is 0 Å². The van der Waals surface area contributed by atoms with Crippen LogP contribution in [0.3, 0.4) is 0 Å². The van der Waals surface area contributed by atoms with E-state index in [0.29, 0.717) is 6.42 Å². The van der Waals surface area contributed by atoms with Gasteiger partial charge < -0.3 is 15.6 Å². The van der Waals surface area contributed by atoms with Crippen LogP contribution in [-0.2, 0) is 4.79 Å². The van der Waals surface area contributed by atoms with Crippen LogP contribution in [0.1, 0.15) is 23.8 Å². The molecule has 0 bridgehead atoms. The first kappa shape index (κ1) is 9.22. The molecule has 1 rings (SSSR count). The van der Waals surface area contributed by atoms with Gasteiger partial charge in [0.05, 0.1) is 4.88 Å². The molecule has 0 saturated carbocycles. The van der Waals surface area contributed by atoms with Crippen molar-refractivity contribution in [3.63, 3.8) is 0 Å². The second-order valence-electron chi connectivity index (χ2n) is 2.62. The molecule has 0 fully saturated rings. The highest BCUT2D eigenvalue weighted by Gasteiger charge is 2.09. The van der Waals surface area contributed by atoms with Crippen molar-refractivity contribution in [1.29, 1.82) is 0 Å². The van der Waals surface area contributed by atoms with E-state index in [9.17, 15) is 9.90 Å². The first-order chi connectivity index (χ1) is 5.70. The van der Waals surface area contributed by atoms with Crippen LogP contribution in [0, 0.1) is 0 Å². The number of hydrogen-bond acceptors (Lipinski definition) is 3. The van der Waals surface area contributed by atoms with Crippen molar-refractivity contribution in [2.24, 2.45) is 0 Å². The highest BCUT2D eigenvalue weighted by Crippen LogP contribution is 2.18. The van der Waals surface area contributed by atoms with Crippen molar-refractivity contribution < 1.29 is 15.6 Å². The minimum absolute atomic E-state index is 0.0860. The quantitative estimate of drug-likeness (QED) is 0.691. The number of hydrogen-bond donors (Lipinski definition) is 1. The molecule has 1 atom stereocenters. The third-order valence-electron chi connectivity index (χ3n) is 1.64. The maximum absolute atomic E-state index is 10.1. The Kier molecular flexibility index (Phi) is 3.25. The normalized spacial score (nSPS) is 12.8. The van der Waals surface area contributed by atoms with Gasteiger partial charge in [-0.3, -0.25) is 0 Å². The fourth-order valence-corrected chi connectivity index (χ4v) is 1.74. The Hall–Kier alpha value is -0.870. The molecule has 0 unspecified atom stereocenters. The van der Waals surface area contributed by atoms with E-state index in [1.165, 1.54) is 0 Å². The largest absolute Gasteiger partial charge is 0.550 e. The average molecular weight is 185 g/mol. The van der Waals surface area contributed by atoms with Crippen molar-refractivity contribution in [3.05, 3.63) is 22.4 Å². The molecule has 1 heterocycles. The molecule has 3 nitrogen and oxygen atoms in total. The van der Waals surface area contributed by atoms with Gasteiger partial charge in [-0.05, 0) is 17.9 Å². The summed E-state index contributed by atoms with van der Waals surface area (Å²) >= 11 is 1.61. The zero-order valence-electron chi connectivity index (χ0n) is 6.66. The maximum Gasteiger partial charge on any atom is 0.120 e. The van der Waals surface area contributed by atoms with Crippen LogP contribution in [0.15, 0.2) is 17.5 Å². The van der Waals surface area contributed by atoms with Gasteiger partial charge >= 0.3 is 0 Å². The lowest BCUT2D eigenvalue weighted by atomic mass is 10.1. The summed E-state index contributed by atoms with van der Waals surface area (Å²) in [6.07, 6.45) is 0.648. The molecule has 0 aliphatic carbocycles. The molecule has 1 aromatic rings.